The van der Waals surface area contributed by atoms with Crippen LogP contribution in [0, 0.1) is 5.82 Å². The van der Waals surface area contributed by atoms with Gasteiger partial charge in [-0.25, -0.2) is 9.37 Å². The number of amides is 1. The predicted octanol–water partition coefficient (Wildman–Crippen LogP) is 3.21. The average molecular weight is 479 g/mol. The number of aromatic nitrogens is 4. The molecule has 4 heterocycles. The zero-order valence-electron chi connectivity index (χ0n) is 19.6. The van der Waals surface area contributed by atoms with E-state index in [9.17, 15) is 4.79 Å². The Balaban J connectivity index is 0.000000917. The summed E-state index contributed by atoms with van der Waals surface area (Å²) in [5, 5.41) is 15.4. The van der Waals surface area contributed by atoms with Crippen molar-refractivity contribution in [3.8, 4) is 11.1 Å². The Morgan fingerprint density at radius 3 is 2.71 bits per heavy atom. The lowest BCUT2D eigenvalue weighted by atomic mass is 10.0. The molecule has 1 atom stereocenters. The summed E-state index contributed by atoms with van der Waals surface area (Å²) in [5.41, 5.74) is 2.38. The highest BCUT2D eigenvalue weighted by atomic mass is 19.1. The monoisotopic (exact) mass is 478 g/mol. The fourth-order valence-electron chi connectivity index (χ4n) is 4.45. The highest BCUT2D eigenvalue weighted by molar-refractivity contribution is 6.10. The minimum absolute atomic E-state index is 0.0382. The third-order valence-corrected chi connectivity index (χ3v) is 6.09. The van der Waals surface area contributed by atoms with Crippen LogP contribution in [0.2, 0.25) is 0 Å². The van der Waals surface area contributed by atoms with Gasteiger partial charge in [-0.05, 0) is 49.2 Å². The number of anilines is 1. The molecule has 1 aliphatic rings. The molecule has 0 unspecified atom stereocenters. The topological polar surface area (TPSA) is 105 Å². The maximum atomic E-state index is 15.3. The maximum Gasteiger partial charge on any atom is 0.290 e. The number of pyridine rings is 1. The number of carboxylic acid groups (broad SMARTS) is 1. The number of rotatable bonds is 4. The number of hydrogen-bond acceptors (Lipinski definition) is 5. The number of piperidine rings is 1. The van der Waals surface area contributed by atoms with Gasteiger partial charge in [-0.3, -0.25) is 19.2 Å². The molecule has 0 spiro atoms. The van der Waals surface area contributed by atoms with Crippen LogP contribution in [-0.4, -0.2) is 55.9 Å². The van der Waals surface area contributed by atoms with Crippen LogP contribution in [0.15, 0.2) is 55.1 Å². The Bertz CT molecular complexity index is 1340. The fourth-order valence-corrected chi connectivity index (χ4v) is 4.45. The van der Waals surface area contributed by atoms with Crippen molar-refractivity contribution in [2.45, 2.75) is 18.9 Å². The van der Waals surface area contributed by atoms with E-state index in [0.717, 1.165) is 35.9 Å². The molecule has 9 nitrogen and oxygen atoms in total. The number of nitrogens with zero attached hydrogens (tertiary/aromatic N) is 5. The summed E-state index contributed by atoms with van der Waals surface area (Å²) in [6.45, 7) is 1.30. The number of benzene rings is 1. The van der Waals surface area contributed by atoms with Gasteiger partial charge in [-0.1, -0.05) is 6.07 Å². The van der Waals surface area contributed by atoms with Crippen LogP contribution >= 0.6 is 0 Å². The van der Waals surface area contributed by atoms with Crippen molar-refractivity contribution in [2.75, 3.05) is 18.0 Å². The number of aryl methyl sites for hydroxylation is 2. The maximum absolute atomic E-state index is 15.3. The second-order valence-electron chi connectivity index (χ2n) is 8.38. The normalized spacial score (nSPS) is 15.3. The van der Waals surface area contributed by atoms with Crippen molar-refractivity contribution in [1.29, 1.82) is 0 Å². The van der Waals surface area contributed by atoms with E-state index in [0.29, 0.717) is 17.9 Å². The first kappa shape index (κ1) is 24.1. The molecule has 1 aliphatic heterocycles. The van der Waals surface area contributed by atoms with Crippen molar-refractivity contribution in [2.24, 2.45) is 14.1 Å². The minimum Gasteiger partial charge on any atom is -0.483 e. The molecule has 0 bridgehead atoms. The van der Waals surface area contributed by atoms with Gasteiger partial charge in [0.25, 0.3) is 12.4 Å². The van der Waals surface area contributed by atoms with Gasteiger partial charge >= 0.3 is 0 Å². The van der Waals surface area contributed by atoms with E-state index < -0.39 is 5.82 Å². The van der Waals surface area contributed by atoms with Crippen LogP contribution in [0.5, 0.6) is 0 Å². The Labute approximate surface area is 201 Å². The van der Waals surface area contributed by atoms with E-state index >= 15 is 4.39 Å². The van der Waals surface area contributed by atoms with E-state index in [1.54, 1.807) is 34.1 Å². The Morgan fingerprint density at radius 2 is 2.06 bits per heavy atom. The van der Waals surface area contributed by atoms with Crippen LogP contribution in [-0.2, 0) is 18.9 Å². The van der Waals surface area contributed by atoms with Gasteiger partial charge in [0, 0.05) is 50.2 Å². The van der Waals surface area contributed by atoms with Gasteiger partial charge < -0.3 is 15.0 Å². The smallest absolute Gasteiger partial charge is 0.290 e. The summed E-state index contributed by atoms with van der Waals surface area (Å²) in [7, 11) is 3.74. The molecule has 182 valence electrons. The first-order valence-corrected chi connectivity index (χ1v) is 11.2. The highest BCUT2D eigenvalue weighted by Gasteiger charge is 2.32. The number of carbonyl (C=O) groups is 2. The van der Waals surface area contributed by atoms with E-state index in [2.05, 4.69) is 15.4 Å². The second-order valence-corrected chi connectivity index (χ2v) is 8.38. The molecule has 4 aromatic rings. The first-order valence-electron chi connectivity index (χ1n) is 11.2. The molecule has 0 aliphatic carbocycles. The molecule has 3 aromatic heterocycles. The molecule has 5 rings (SSSR count). The van der Waals surface area contributed by atoms with Gasteiger partial charge in [-0.2, -0.15) is 5.10 Å². The second kappa shape index (κ2) is 10.5. The number of hydrogen-bond donors (Lipinski definition) is 2. The Morgan fingerprint density at radius 1 is 1.26 bits per heavy atom. The molecule has 1 saturated heterocycles. The first-order chi connectivity index (χ1) is 16.9. The number of carbonyl (C=O) groups excluding carboxylic acids is 1. The van der Waals surface area contributed by atoms with Crippen LogP contribution in [0.3, 0.4) is 0 Å². The van der Waals surface area contributed by atoms with Gasteiger partial charge in [-0.15, -0.1) is 0 Å². The van der Waals surface area contributed by atoms with Crippen LogP contribution in [0.25, 0.3) is 22.0 Å². The van der Waals surface area contributed by atoms with Crippen molar-refractivity contribution >= 4 is 29.1 Å². The predicted molar refractivity (Wildman–Crippen MR) is 131 cm³/mol. The standard InChI is InChI=1S/C24H25FN6O.CH2O2/c1-29-11-8-16-7-10-27-23(22(16)29)31(19-4-3-9-26-14-19)24(32)20-6-5-17(12-21(20)25)18-13-28-30(2)15-18;2-1-3/h5-8,10-13,15,19,26H,3-4,9,14H2,1-2H3;1H,(H,2,3)/t19-;/m1./s1. The molecular weight excluding hydrogens is 451 g/mol. The molecule has 1 amide bonds. The molecule has 2 N–H and O–H groups in total. The number of fused-ring (bicyclic) bond motifs is 1. The van der Waals surface area contributed by atoms with Crippen LogP contribution in [0.4, 0.5) is 10.2 Å². The average Bonchev–Trinajstić information content (AvgIpc) is 3.46. The van der Waals surface area contributed by atoms with Crippen molar-refractivity contribution < 1.29 is 19.1 Å². The van der Waals surface area contributed by atoms with Gasteiger partial charge in [0.15, 0.2) is 5.82 Å². The van der Waals surface area contributed by atoms with Crippen molar-refractivity contribution in [3.63, 3.8) is 0 Å². The van der Waals surface area contributed by atoms with Gasteiger partial charge in [0.1, 0.15) is 5.82 Å². The molecule has 10 heteroatoms. The number of nitrogens with one attached hydrogen (secondary N) is 1. The Kier molecular flexibility index (Phi) is 7.21. The summed E-state index contributed by atoms with van der Waals surface area (Å²) in [5.74, 6) is -0.372. The van der Waals surface area contributed by atoms with E-state index in [-0.39, 0.29) is 24.0 Å². The lowest BCUT2D eigenvalue weighted by Crippen LogP contribution is -2.49. The molecular formula is C25H27FN6O3. The minimum atomic E-state index is -0.552. The quantitative estimate of drug-likeness (QED) is 0.437. The van der Waals surface area contributed by atoms with Gasteiger partial charge in [0.05, 0.1) is 23.3 Å². The molecule has 35 heavy (non-hydrogen) atoms. The SMILES string of the molecule is Cn1cc(-c2ccc(C(=O)N(c3nccc4ccn(C)c34)[C@@H]3CCCNC3)c(F)c2)cn1.O=CO. The fraction of sp³-hybridized carbons (Fsp3) is 0.280. The van der Waals surface area contributed by atoms with Gasteiger partial charge in [0.2, 0.25) is 0 Å². The zero-order chi connectivity index (χ0) is 24.9. The number of halogens is 1. The lowest BCUT2D eigenvalue weighted by molar-refractivity contribution is -0.122. The summed E-state index contributed by atoms with van der Waals surface area (Å²) >= 11 is 0. The third kappa shape index (κ3) is 4.92. The van der Waals surface area contributed by atoms with Crippen LogP contribution < -0.4 is 10.2 Å². The molecule has 1 aromatic carbocycles. The van der Waals surface area contributed by atoms with Crippen LogP contribution in [0.1, 0.15) is 23.2 Å². The van der Waals surface area contributed by atoms with Crippen molar-refractivity contribution in [1.82, 2.24) is 24.6 Å². The van der Waals surface area contributed by atoms with E-state index in [1.165, 1.54) is 6.07 Å². The molecule has 0 radical (unpaired) electrons. The summed E-state index contributed by atoms with van der Waals surface area (Å²) in [6, 6.07) is 8.53. The van der Waals surface area contributed by atoms with E-state index in [4.69, 9.17) is 9.90 Å². The molecule has 1 fully saturated rings. The summed E-state index contributed by atoms with van der Waals surface area (Å²) in [6.07, 6.45) is 8.92. The van der Waals surface area contributed by atoms with E-state index in [1.807, 2.05) is 43.2 Å². The van der Waals surface area contributed by atoms with Crippen molar-refractivity contribution in [3.05, 3.63) is 66.5 Å². The molecule has 0 saturated carbocycles. The highest BCUT2D eigenvalue weighted by Crippen LogP contribution is 2.31. The summed E-state index contributed by atoms with van der Waals surface area (Å²) < 4.78 is 18.9. The summed E-state index contributed by atoms with van der Waals surface area (Å²) in [4.78, 5) is 28.4. The zero-order valence-corrected chi connectivity index (χ0v) is 19.6. The third-order valence-electron chi connectivity index (χ3n) is 6.09. The lowest BCUT2D eigenvalue weighted by Gasteiger charge is -2.34. The largest absolute Gasteiger partial charge is 0.483 e. The Hall–Kier alpha value is -4.05.